The van der Waals surface area contributed by atoms with E-state index in [1.807, 2.05) is 11.0 Å². The molecule has 78 valence electrons. The van der Waals surface area contributed by atoms with E-state index >= 15 is 0 Å². The van der Waals surface area contributed by atoms with Crippen LogP contribution in [0.15, 0.2) is 12.3 Å². The van der Waals surface area contributed by atoms with E-state index in [2.05, 4.69) is 18.0 Å². The van der Waals surface area contributed by atoms with Gasteiger partial charge in [-0.3, -0.25) is 12.0 Å². The molecule has 4 heteroatoms. The number of fused-ring (bicyclic) bond motifs is 1. The Bertz CT molecular complexity index is 371. The second kappa shape index (κ2) is 6.46. The number of hydrogen-bond acceptors (Lipinski definition) is 2. The molecule has 0 atom stereocenters. The van der Waals surface area contributed by atoms with Crippen LogP contribution in [0.4, 0.5) is 5.69 Å². The van der Waals surface area contributed by atoms with Gasteiger partial charge in [-0.2, -0.15) is 0 Å². The monoisotopic (exact) mass is 539 g/mol. The van der Waals surface area contributed by atoms with E-state index in [1.165, 1.54) is 0 Å². The molecule has 0 saturated heterocycles. The Morgan fingerprint density at radius 3 is 2.87 bits per heavy atom. The third-order valence-electron chi connectivity index (χ3n) is 2.30. The van der Waals surface area contributed by atoms with Gasteiger partial charge >= 0.3 is 0 Å². The van der Waals surface area contributed by atoms with Gasteiger partial charge in [0.2, 0.25) is 0 Å². The fraction of sp³-hybridized carbons (Fsp3) is 0.273. The minimum absolute atomic E-state index is 0. The van der Waals surface area contributed by atoms with Crippen molar-refractivity contribution in [1.29, 1.82) is 0 Å². The molecule has 1 aromatic heterocycles. The second-order valence-electron chi connectivity index (χ2n) is 3.20. The summed E-state index contributed by atoms with van der Waals surface area (Å²) in [5.74, 6) is 2.58. The molecule has 0 spiro atoms. The van der Waals surface area contributed by atoms with Gasteiger partial charge in [0, 0.05) is 59.6 Å². The Hall–Kier alpha value is -0.113. The first-order chi connectivity index (χ1) is 6.31. The number of anilines is 1. The molecule has 2 nitrogen and oxygen atoms in total. The molecule has 0 fully saturated rings. The first-order valence-corrected chi connectivity index (χ1v) is 4.35. The molecule has 0 N–H and O–H groups in total. The number of rotatable bonds is 0. The molecule has 0 unspecified atom stereocenters. The maximum Gasteiger partial charge on any atom is 0.0612 e. The average Bonchev–Trinajstić information content (AvgIpc) is 2.18. The third-order valence-corrected chi connectivity index (χ3v) is 2.30. The van der Waals surface area contributed by atoms with Crippen LogP contribution in [0, 0.1) is 19.4 Å². The van der Waals surface area contributed by atoms with Gasteiger partial charge in [-0.15, -0.1) is 6.42 Å². The van der Waals surface area contributed by atoms with E-state index in [0.717, 1.165) is 36.3 Å². The molecule has 0 amide bonds. The van der Waals surface area contributed by atoms with Gasteiger partial charge in [-0.25, -0.2) is 0 Å². The molecule has 0 radical (unpaired) electrons. The summed E-state index contributed by atoms with van der Waals surface area (Å²) in [6.45, 7) is 0.989. The van der Waals surface area contributed by atoms with Crippen molar-refractivity contribution in [3.05, 3.63) is 30.6 Å². The van der Waals surface area contributed by atoms with Crippen molar-refractivity contribution in [2.75, 3.05) is 11.4 Å². The van der Waals surface area contributed by atoms with Crippen molar-refractivity contribution in [2.24, 2.45) is 0 Å². The summed E-state index contributed by atoms with van der Waals surface area (Å²) < 4.78 is 0. The molecule has 15 heavy (non-hydrogen) atoms. The van der Waals surface area contributed by atoms with Crippen LogP contribution < -0.4 is 4.90 Å². The van der Waals surface area contributed by atoms with Crippen molar-refractivity contribution < 1.29 is 42.1 Å². The van der Waals surface area contributed by atoms with E-state index in [9.17, 15) is 0 Å². The van der Waals surface area contributed by atoms with Crippen molar-refractivity contribution in [3.8, 4) is 12.3 Å². The zero-order chi connectivity index (χ0) is 9.26. The molecule has 1 aromatic rings. The molecule has 1 aliphatic rings. The molecule has 2 heterocycles. The molecular weight excluding hydrogens is 528 g/mol. The summed E-state index contributed by atoms with van der Waals surface area (Å²) in [5, 5.41) is 0. The smallest absolute Gasteiger partial charge is 0.0612 e. The summed E-state index contributed by atoms with van der Waals surface area (Å²) >= 11 is 0. The van der Waals surface area contributed by atoms with Gasteiger partial charge in [0.05, 0.1) is 5.69 Å². The number of hydrogen-bond donors (Lipinski definition) is 0. The number of terminal acetylenes is 1. The standard InChI is InChI=1S/C11H11N2.2W/c1-3-9-7-11-10(12-8-9)5-4-6-13(11)2;;/h1,7-8H,2,4-6H2;;/q-1;;. The van der Waals surface area contributed by atoms with Crippen molar-refractivity contribution in [2.45, 2.75) is 12.8 Å². The van der Waals surface area contributed by atoms with Gasteiger partial charge in [0.15, 0.2) is 0 Å². The molecule has 0 saturated carbocycles. The van der Waals surface area contributed by atoms with E-state index in [1.54, 1.807) is 6.20 Å². The van der Waals surface area contributed by atoms with Crippen LogP contribution in [0.1, 0.15) is 17.7 Å². The predicted molar refractivity (Wildman–Crippen MR) is 53.2 cm³/mol. The largest absolute Gasteiger partial charge is 0.524 e. The van der Waals surface area contributed by atoms with Crippen LogP contribution >= 0.6 is 0 Å². The molecular formula is C11H11N2W2-. The van der Waals surface area contributed by atoms with Gasteiger partial charge in [0.25, 0.3) is 0 Å². The Morgan fingerprint density at radius 1 is 1.47 bits per heavy atom. The normalized spacial score (nSPS) is 12.9. The first kappa shape index (κ1) is 14.9. The minimum atomic E-state index is 0. The van der Waals surface area contributed by atoms with Crippen LogP contribution in [0.25, 0.3) is 0 Å². The maximum absolute atomic E-state index is 5.30. The van der Waals surface area contributed by atoms with Crippen molar-refractivity contribution >= 4 is 5.69 Å². The van der Waals surface area contributed by atoms with Crippen molar-refractivity contribution in [3.63, 3.8) is 0 Å². The summed E-state index contributed by atoms with van der Waals surface area (Å²) in [5.41, 5.74) is 3.02. The fourth-order valence-electron chi connectivity index (χ4n) is 1.58. The zero-order valence-corrected chi connectivity index (χ0v) is 14.1. The van der Waals surface area contributed by atoms with E-state index in [4.69, 9.17) is 6.42 Å². The number of nitrogens with zero attached hydrogens (tertiary/aromatic N) is 2. The van der Waals surface area contributed by atoms with Crippen LogP contribution in [-0.4, -0.2) is 11.5 Å². The van der Waals surface area contributed by atoms with Gasteiger partial charge in [-0.1, -0.05) is 5.92 Å². The summed E-state index contributed by atoms with van der Waals surface area (Å²) in [6.07, 6.45) is 9.21. The molecule has 0 aliphatic carbocycles. The predicted octanol–water partition coefficient (Wildman–Crippen LogP) is 1.60. The Balaban J connectivity index is 0.000000980. The third kappa shape index (κ3) is 3.17. The van der Waals surface area contributed by atoms with Crippen LogP contribution in [-0.2, 0) is 48.6 Å². The van der Waals surface area contributed by atoms with Crippen LogP contribution in [0.2, 0.25) is 0 Å². The van der Waals surface area contributed by atoms with E-state index in [0.29, 0.717) is 0 Å². The second-order valence-corrected chi connectivity index (χ2v) is 3.20. The number of pyridine rings is 1. The topological polar surface area (TPSA) is 16.1 Å². The Morgan fingerprint density at radius 2 is 2.20 bits per heavy atom. The van der Waals surface area contributed by atoms with Crippen molar-refractivity contribution in [1.82, 2.24) is 4.98 Å². The zero-order valence-electron chi connectivity index (χ0n) is 8.27. The molecule has 1 aliphatic heterocycles. The van der Waals surface area contributed by atoms with Crippen LogP contribution in [0.3, 0.4) is 0 Å². The quantitative estimate of drug-likeness (QED) is 0.369. The molecule has 0 aromatic carbocycles. The summed E-state index contributed by atoms with van der Waals surface area (Å²) in [6, 6.07) is 1.98. The minimum Gasteiger partial charge on any atom is -0.524 e. The fourth-order valence-corrected chi connectivity index (χ4v) is 1.58. The van der Waals surface area contributed by atoms with Gasteiger partial charge in [-0.05, 0) is 25.5 Å². The first-order valence-electron chi connectivity index (χ1n) is 4.35. The van der Waals surface area contributed by atoms with Gasteiger partial charge < -0.3 is 4.90 Å². The Labute approximate surface area is 119 Å². The SMILES string of the molecule is C#Cc1cnc2c(c1)N([CH2-])CCC2.[W].[W]. The molecule has 2 rings (SSSR count). The van der Waals surface area contributed by atoms with E-state index < -0.39 is 0 Å². The summed E-state index contributed by atoms with van der Waals surface area (Å²) in [7, 11) is 3.94. The average molecular weight is 539 g/mol. The van der Waals surface area contributed by atoms with Gasteiger partial charge in [0.1, 0.15) is 0 Å². The Kier molecular flexibility index (Phi) is 6.42. The molecule has 0 bridgehead atoms. The number of aromatic nitrogens is 1. The summed E-state index contributed by atoms with van der Waals surface area (Å²) in [4.78, 5) is 6.28. The number of aryl methyl sites for hydroxylation is 1. The van der Waals surface area contributed by atoms with E-state index in [-0.39, 0.29) is 42.1 Å². The van der Waals surface area contributed by atoms with Crippen LogP contribution in [0.5, 0.6) is 0 Å². The maximum atomic E-state index is 5.30.